The molecule has 1 aromatic carbocycles. The lowest BCUT2D eigenvalue weighted by Crippen LogP contribution is -2.24. The average Bonchev–Trinajstić information content (AvgIpc) is 2.78. The lowest BCUT2D eigenvalue weighted by atomic mass is 10.0. The first-order chi connectivity index (χ1) is 8.11. The van der Waals surface area contributed by atoms with Crippen molar-refractivity contribution in [1.82, 2.24) is 0 Å². The van der Waals surface area contributed by atoms with Gasteiger partial charge in [0, 0.05) is 35.3 Å². The van der Waals surface area contributed by atoms with Gasteiger partial charge in [0.25, 0.3) is 0 Å². The molecule has 2 atom stereocenters. The van der Waals surface area contributed by atoms with Crippen molar-refractivity contribution in [3.63, 3.8) is 0 Å². The van der Waals surface area contributed by atoms with Gasteiger partial charge in [-0.05, 0) is 31.5 Å². The third kappa shape index (κ3) is 2.73. The fourth-order valence-corrected chi connectivity index (χ4v) is 2.58. The molecule has 0 spiro atoms. The number of rotatable bonds is 3. The van der Waals surface area contributed by atoms with Crippen molar-refractivity contribution >= 4 is 17.3 Å². The zero-order valence-corrected chi connectivity index (χ0v) is 10.7. The molecule has 0 radical (unpaired) electrons. The average molecular weight is 256 g/mol. The maximum absolute atomic E-state index is 9.59. The Bertz CT molecular complexity index is 395. The normalized spacial score (nSPS) is 21.9. The van der Waals surface area contributed by atoms with E-state index in [1.54, 1.807) is 6.07 Å². The van der Waals surface area contributed by atoms with Crippen molar-refractivity contribution in [2.75, 3.05) is 18.0 Å². The first kappa shape index (κ1) is 12.7. The highest BCUT2D eigenvalue weighted by atomic mass is 35.5. The molecular weight excluding hydrogens is 238 g/mol. The van der Waals surface area contributed by atoms with Gasteiger partial charge in [0.05, 0.1) is 12.7 Å². The van der Waals surface area contributed by atoms with Crippen molar-refractivity contribution in [1.29, 1.82) is 0 Å². The van der Waals surface area contributed by atoms with Gasteiger partial charge in [-0.25, -0.2) is 0 Å². The Balaban J connectivity index is 2.18. The second kappa shape index (κ2) is 5.25. The minimum atomic E-state index is -0.273. The number of halogens is 1. The number of hydrogen-bond donors (Lipinski definition) is 2. The second-order valence-corrected chi connectivity index (χ2v) is 5.10. The summed E-state index contributed by atoms with van der Waals surface area (Å²) < 4.78 is 0. The maximum Gasteiger partial charge on any atom is 0.0702 e. The van der Waals surface area contributed by atoms with Crippen LogP contribution in [0.15, 0.2) is 18.2 Å². The van der Waals surface area contributed by atoms with Gasteiger partial charge in [0.2, 0.25) is 0 Å². The largest absolute Gasteiger partial charge is 0.393 e. The zero-order valence-electron chi connectivity index (χ0n) is 9.93. The Morgan fingerprint density at radius 1 is 1.53 bits per heavy atom. The Morgan fingerprint density at radius 2 is 2.29 bits per heavy atom. The van der Waals surface area contributed by atoms with E-state index in [0.29, 0.717) is 10.9 Å². The summed E-state index contributed by atoms with van der Waals surface area (Å²) in [5, 5.41) is 19.6. The van der Waals surface area contributed by atoms with Crippen LogP contribution in [0.2, 0.25) is 5.02 Å². The lowest BCUT2D eigenvalue weighted by molar-refractivity contribution is 0.136. The zero-order chi connectivity index (χ0) is 12.4. The Kier molecular flexibility index (Phi) is 3.92. The first-order valence-corrected chi connectivity index (χ1v) is 6.32. The first-order valence-electron chi connectivity index (χ1n) is 5.94. The van der Waals surface area contributed by atoms with E-state index in [4.69, 9.17) is 11.6 Å². The molecule has 2 unspecified atom stereocenters. The highest BCUT2D eigenvalue weighted by molar-refractivity contribution is 6.30. The van der Waals surface area contributed by atoms with Crippen LogP contribution in [0, 0.1) is 5.92 Å². The summed E-state index contributed by atoms with van der Waals surface area (Å²) in [6.45, 7) is 3.59. The van der Waals surface area contributed by atoms with Gasteiger partial charge in [-0.2, -0.15) is 0 Å². The molecule has 2 N–H and O–H groups in total. The number of aliphatic hydroxyl groups excluding tert-OH is 2. The molecular formula is C13H18ClNO2. The summed E-state index contributed by atoms with van der Waals surface area (Å²) in [6, 6.07) is 5.58. The highest BCUT2D eigenvalue weighted by Gasteiger charge is 2.27. The predicted molar refractivity (Wildman–Crippen MR) is 69.4 cm³/mol. The fraction of sp³-hybridized carbons (Fsp3) is 0.538. The Morgan fingerprint density at radius 3 is 2.88 bits per heavy atom. The van der Waals surface area contributed by atoms with E-state index in [9.17, 15) is 10.2 Å². The fourth-order valence-electron chi connectivity index (χ4n) is 2.39. The van der Waals surface area contributed by atoms with E-state index in [-0.39, 0.29) is 12.7 Å². The molecule has 0 amide bonds. The van der Waals surface area contributed by atoms with Crippen molar-refractivity contribution in [3.05, 3.63) is 28.8 Å². The summed E-state index contributed by atoms with van der Waals surface area (Å²) in [5.41, 5.74) is 1.88. The Labute approximate surface area is 107 Å². The van der Waals surface area contributed by atoms with Gasteiger partial charge >= 0.3 is 0 Å². The van der Waals surface area contributed by atoms with Crippen LogP contribution < -0.4 is 4.90 Å². The van der Waals surface area contributed by atoms with Crippen molar-refractivity contribution < 1.29 is 10.2 Å². The van der Waals surface area contributed by atoms with E-state index in [1.807, 2.05) is 19.1 Å². The molecule has 1 saturated heterocycles. The molecule has 1 aromatic rings. The molecule has 1 aliphatic rings. The molecule has 0 saturated carbocycles. The minimum absolute atomic E-state index is 0.00820. The number of benzene rings is 1. The highest BCUT2D eigenvalue weighted by Crippen LogP contribution is 2.30. The molecule has 3 nitrogen and oxygen atoms in total. The molecule has 2 rings (SSSR count). The smallest absolute Gasteiger partial charge is 0.0702 e. The minimum Gasteiger partial charge on any atom is -0.393 e. The van der Waals surface area contributed by atoms with Gasteiger partial charge in [-0.15, -0.1) is 0 Å². The monoisotopic (exact) mass is 255 g/mol. The quantitative estimate of drug-likeness (QED) is 0.869. The third-order valence-corrected chi connectivity index (χ3v) is 3.69. The summed E-state index contributed by atoms with van der Waals surface area (Å²) in [7, 11) is 0. The van der Waals surface area contributed by atoms with E-state index >= 15 is 0 Å². The van der Waals surface area contributed by atoms with Gasteiger partial charge in [0.15, 0.2) is 0 Å². The molecule has 1 heterocycles. The van der Waals surface area contributed by atoms with Crippen LogP contribution in [-0.2, 0) is 6.61 Å². The van der Waals surface area contributed by atoms with E-state index in [0.717, 1.165) is 30.8 Å². The number of aliphatic hydroxyl groups is 2. The third-order valence-electron chi connectivity index (χ3n) is 3.46. The van der Waals surface area contributed by atoms with Crippen molar-refractivity contribution in [2.45, 2.75) is 26.1 Å². The summed E-state index contributed by atoms with van der Waals surface area (Å²) in [6.07, 6.45) is 0.718. The number of anilines is 1. The van der Waals surface area contributed by atoms with Crippen LogP contribution in [-0.4, -0.2) is 29.4 Å². The molecule has 0 bridgehead atoms. The second-order valence-electron chi connectivity index (χ2n) is 4.67. The van der Waals surface area contributed by atoms with Gasteiger partial charge in [-0.1, -0.05) is 11.6 Å². The van der Waals surface area contributed by atoms with Crippen LogP contribution in [0.3, 0.4) is 0 Å². The van der Waals surface area contributed by atoms with E-state index in [1.165, 1.54) is 0 Å². The van der Waals surface area contributed by atoms with Crippen molar-refractivity contribution in [3.8, 4) is 0 Å². The van der Waals surface area contributed by atoms with Crippen molar-refractivity contribution in [2.24, 2.45) is 5.92 Å². The lowest BCUT2D eigenvalue weighted by Gasteiger charge is -2.22. The van der Waals surface area contributed by atoms with Crippen LogP contribution in [0.4, 0.5) is 5.69 Å². The van der Waals surface area contributed by atoms with Gasteiger partial charge in [0.1, 0.15) is 0 Å². The molecule has 1 fully saturated rings. The maximum atomic E-state index is 9.59. The van der Waals surface area contributed by atoms with Crippen LogP contribution >= 0.6 is 11.6 Å². The molecule has 1 aliphatic heterocycles. The standard InChI is InChI=1S/C13H18ClNO2/c1-9(17)10-4-5-15(7-10)13-3-2-12(14)6-11(13)8-16/h2-3,6,9-10,16-17H,4-5,7-8H2,1H3. The molecule has 4 heteroatoms. The van der Waals surface area contributed by atoms with E-state index < -0.39 is 0 Å². The molecule has 0 aromatic heterocycles. The number of hydrogen-bond acceptors (Lipinski definition) is 3. The molecule has 0 aliphatic carbocycles. The summed E-state index contributed by atoms with van der Waals surface area (Å²) in [5.74, 6) is 0.317. The van der Waals surface area contributed by atoms with Crippen LogP contribution in [0.25, 0.3) is 0 Å². The summed E-state index contributed by atoms with van der Waals surface area (Å²) >= 11 is 5.91. The molecule has 17 heavy (non-hydrogen) atoms. The van der Waals surface area contributed by atoms with Crippen LogP contribution in [0.5, 0.6) is 0 Å². The SMILES string of the molecule is CC(O)C1CCN(c2ccc(Cl)cc2CO)C1. The van der Waals surface area contributed by atoms with Crippen LogP contribution in [0.1, 0.15) is 18.9 Å². The van der Waals surface area contributed by atoms with Gasteiger partial charge < -0.3 is 15.1 Å². The summed E-state index contributed by atoms with van der Waals surface area (Å²) in [4.78, 5) is 2.21. The topological polar surface area (TPSA) is 43.7 Å². The number of nitrogens with zero attached hydrogens (tertiary/aromatic N) is 1. The predicted octanol–water partition coefficient (Wildman–Crippen LogP) is 2.04. The van der Waals surface area contributed by atoms with E-state index in [2.05, 4.69) is 4.90 Å². The Hall–Kier alpha value is -0.770. The molecule has 94 valence electrons. The van der Waals surface area contributed by atoms with Gasteiger partial charge in [-0.3, -0.25) is 0 Å².